The molecule has 108 valence electrons. The van der Waals surface area contributed by atoms with E-state index in [1.807, 2.05) is 10.6 Å². The van der Waals surface area contributed by atoms with Crippen molar-refractivity contribution in [2.75, 3.05) is 13.2 Å². The fourth-order valence-corrected chi connectivity index (χ4v) is 2.55. The number of hydrogen-bond acceptors (Lipinski definition) is 2. The van der Waals surface area contributed by atoms with E-state index in [9.17, 15) is 4.39 Å². The summed E-state index contributed by atoms with van der Waals surface area (Å²) >= 11 is 5.94. The van der Waals surface area contributed by atoms with Crippen LogP contribution in [-0.4, -0.2) is 22.8 Å². The second-order valence-corrected chi connectivity index (χ2v) is 5.69. The first-order chi connectivity index (χ1) is 9.69. The number of fused-ring (bicyclic) bond motifs is 1. The number of nitrogens with zero attached hydrogens (tertiary/aromatic N) is 2. The summed E-state index contributed by atoms with van der Waals surface area (Å²) in [5, 5.41) is 0. The Hall–Kier alpha value is -1.13. The van der Waals surface area contributed by atoms with Crippen LogP contribution in [0.1, 0.15) is 24.2 Å². The Labute approximate surface area is 122 Å². The highest BCUT2D eigenvalue weighted by Crippen LogP contribution is 2.28. The van der Waals surface area contributed by atoms with Gasteiger partial charge >= 0.3 is 0 Å². The fourth-order valence-electron chi connectivity index (χ4n) is 2.34. The number of aryl methyl sites for hydroxylation is 1. The Morgan fingerprint density at radius 1 is 1.45 bits per heavy atom. The quantitative estimate of drug-likeness (QED) is 0.601. The van der Waals surface area contributed by atoms with E-state index >= 15 is 0 Å². The van der Waals surface area contributed by atoms with Gasteiger partial charge in [-0.3, -0.25) is 0 Å². The molecule has 1 aromatic carbocycles. The van der Waals surface area contributed by atoms with Crippen molar-refractivity contribution in [1.29, 1.82) is 0 Å². The smallest absolute Gasteiger partial charge is 0.128 e. The highest BCUT2D eigenvalue weighted by molar-refractivity contribution is 6.16. The number of halogens is 2. The van der Waals surface area contributed by atoms with Crippen LogP contribution in [0.25, 0.3) is 11.0 Å². The van der Waals surface area contributed by atoms with Gasteiger partial charge in [0, 0.05) is 19.2 Å². The van der Waals surface area contributed by atoms with Crippen molar-refractivity contribution in [3.05, 3.63) is 29.3 Å². The average Bonchev–Trinajstić information content (AvgIpc) is 3.19. The maximum atomic E-state index is 13.6. The van der Waals surface area contributed by atoms with Gasteiger partial charge < -0.3 is 9.30 Å². The zero-order valence-electron chi connectivity index (χ0n) is 11.5. The highest BCUT2D eigenvalue weighted by atomic mass is 35.5. The second kappa shape index (κ2) is 5.70. The van der Waals surface area contributed by atoms with Crippen molar-refractivity contribution in [1.82, 2.24) is 9.55 Å². The predicted molar refractivity (Wildman–Crippen MR) is 77.5 cm³/mol. The Morgan fingerprint density at radius 3 is 2.95 bits per heavy atom. The number of benzene rings is 1. The van der Waals surface area contributed by atoms with Crippen LogP contribution in [-0.2, 0) is 17.2 Å². The molecule has 0 radical (unpaired) electrons. The third kappa shape index (κ3) is 2.81. The van der Waals surface area contributed by atoms with Crippen molar-refractivity contribution < 1.29 is 9.13 Å². The van der Waals surface area contributed by atoms with Gasteiger partial charge in [0.2, 0.25) is 0 Å². The SMILES string of the molecule is Cc1cc2c(cc1F)nc(CCl)n2CCOCC1CC1. The number of imidazole rings is 1. The normalized spacial score (nSPS) is 15.2. The molecule has 5 heteroatoms. The summed E-state index contributed by atoms with van der Waals surface area (Å²) in [5.74, 6) is 1.62. The summed E-state index contributed by atoms with van der Waals surface area (Å²) in [6, 6.07) is 3.30. The molecule has 1 heterocycles. The van der Waals surface area contributed by atoms with Crippen LogP contribution in [0.15, 0.2) is 12.1 Å². The molecule has 1 aliphatic rings. The molecule has 1 saturated carbocycles. The van der Waals surface area contributed by atoms with Crippen LogP contribution in [0, 0.1) is 18.7 Å². The lowest BCUT2D eigenvalue weighted by Crippen LogP contribution is -2.10. The zero-order chi connectivity index (χ0) is 14.1. The largest absolute Gasteiger partial charge is 0.379 e. The van der Waals surface area contributed by atoms with Gasteiger partial charge in [-0.2, -0.15) is 0 Å². The van der Waals surface area contributed by atoms with E-state index in [1.54, 1.807) is 6.92 Å². The standard InChI is InChI=1S/C15H18ClFN2O/c1-10-6-14-13(7-12(10)17)18-15(8-16)19(14)4-5-20-9-11-2-3-11/h6-7,11H,2-5,8-9H2,1H3. The number of alkyl halides is 1. The molecule has 3 nitrogen and oxygen atoms in total. The van der Waals surface area contributed by atoms with E-state index in [-0.39, 0.29) is 5.82 Å². The second-order valence-electron chi connectivity index (χ2n) is 5.42. The van der Waals surface area contributed by atoms with Crippen molar-refractivity contribution >= 4 is 22.6 Å². The summed E-state index contributed by atoms with van der Waals surface area (Å²) in [6.07, 6.45) is 2.58. The van der Waals surface area contributed by atoms with Gasteiger partial charge in [0.05, 0.1) is 23.5 Å². The van der Waals surface area contributed by atoms with E-state index < -0.39 is 0 Å². The number of rotatable bonds is 6. The van der Waals surface area contributed by atoms with Crippen molar-refractivity contribution in [2.45, 2.75) is 32.2 Å². The van der Waals surface area contributed by atoms with Gasteiger partial charge in [-0.25, -0.2) is 9.37 Å². The summed E-state index contributed by atoms with van der Waals surface area (Å²) in [7, 11) is 0. The van der Waals surface area contributed by atoms with Gasteiger partial charge in [-0.1, -0.05) is 0 Å². The van der Waals surface area contributed by atoms with E-state index in [0.717, 1.165) is 23.9 Å². The van der Waals surface area contributed by atoms with Crippen LogP contribution < -0.4 is 0 Å². The minimum Gasteiger partial charge on any atom is -0.379 e. The van der Waals surface area contributed by atoms with Crippen LogP contribution in [0.5, 0.6) is 0 Å². The zero-order valence-corrected chi connectivity index (χ0v) is 12.3. The van der Waals surface area contributed by atoms with Crippen LogP contribution in [0.3, 0.4) is 0 Å². The lowest BCUT2D eigenvalue weighted by atomic mass is 10.2. The van der Waals surface area contributed by atoms with Gasteiger partial charge in [0.15, 0.2) is 0 Å². The summed E-state index contributed by atoms with van der Waals surface area (Å²) in [5.41, 5.74) is 2.21. The summed E-state index contributed by atoms with van der Waals surface area (Å²) in [6.45, 7) is 3.95. The molecule has 2 aromatic rings. The molecule has 0 saturated heterocycles. The molecule has 0 spiro atoms. The lowest BCUT2D eigenvalue weighted by Gasteiger charge is -2.09. The molecular weight excluding hydrogens is 279 g/mol. The lowest BCUT2D eigenvalue weighted by molar-refractivity contribution is 0.117. The van der Waals surface area contributed by atoms with Crippen molar-refractivity contribution in [3.63, 3.8) is 0 Å². The average molecular weight is 297 g/mol. The Balaban J connectivity index is 1.80. The number of aromatic nitrogens is 2. The molecule has 1 aromatic heterocycles. The molecule has 20 heavy (non-hydrogen) atoms. The Bertz CT molecular complexity index is 622. The third-order valence-electron chi connectivity index (χ3n) is 3.74. The minimum atomic E-state index is -0.228. The Morgan fingerprint density at radius 2 is 2.25 bits per heavy atom. The molecule has 0 aliphatic heterocycles. The maximum Gasteiger partial charge on any atom is 0.128 e. The first-order valence-corrected chi connectivity index (χ1v) is 7.51. The topological polar surface area (TPSA) is 27.1 Å². The van der Waals surface area contributed by atoms with Crippen molar-refractivity contribution in [3.8, 4) is 0 Å². The molecule has 0 atom stereocenters. The first kappa shape index (κ1) is 13.8. The molecule has 0 unspecified atom stereocenters. The van der Waals surface area contributed by atoms with Crippen molar-refractivity contribution in [2.24, 2.45) is 5.92 Å². The summed E-state index contributed by atoms with van der Waals surface area (Å²) in [4.78, 5) is 4.39. The van der Waals surface area contributed by atoms with Gasteiger partial charge in [0.25, 0.3) is 0 Å². The van der Waals surface area contributed by atoms with E-state index in [1.165, 1.54) is 18.9 Å². The predicted octanol–water partition coefficient (Wildman–Crippen LogP) is 3.65. The van der Waals surface area contributed by atoms with E-state index in [2.05, 4.69) is 4.98 Å². The molecular formula is C15H18ClFN2O. The van der Waals surface area contributed by atoms with E-state index in [4.69, 9.17) is 16.3 Å². The number of ether oxygens (including phenoxy) is 1. The van der Waals surface area contributed by atoms with E-state index in [0.29, 0.717) is 30.1 Å². The van der Waals surface area contributed by atoms with Crippen LogP contribution >= 0.6 is 11.6 Å². The fraction of sp³-hybridized carbons (Fsp3) is 0.533. The third-order valence-corrected chi connectivity index (χ3v) is 3.98. The van der Waals surface area contributed by atoms with Crippen LogP contribution in [0.2, 0.25) is 0 Å². The summed E-state index contributed by atoms with van der Waals surface area (Å²) < 4.78 is 21.3. The molecule has 3 rings (SSSR count). The molecule has 0 N–H and O–H groups in total. The number of hydrogen-bond donors (Lipinski definition) is 0. The van der Waals surface area contributed by atoms with Crippen LogP contribution in [0.4, 0.5) is 4.39 Å². The molecule has 1 fully saturated rings. The monoisotopic (exact) mass is 296 g/mol. The molecule has 1 aliphatic carbocycles. The van der Waals surface area contributed by atoms with Gasteiger partial charge in [0.1, 0.15) is 11.6 Å². The molecule has 0 amide bonds. The molecule has 0 bridgehead atoms. The maximum absolute atomic E-state index is 13.6. The first-order valence-electron chi connectivity index (χ1n) is 6.98. The van der Waals surface area contributed by atoms with Gasteiger partial charge in [-0.15, -0.1) is 11.6 Å². The Kier molecular flexibility index (Phi) is 3.94. The van der Waals surface area contributed by atoms with Gasteiger partial charge in [-0.05, 0) is 37.3 Å². The minimum absolute atomic E-state index is 0.228. The highest BCUT2D eigenvalue weighted by Gasteiger charge is 2.21.